The number of fused-ring (bicyclic) bond motifs is 2. The summed E-state index contributed by atoms with van der Waals surface area (Å²) in [5, 5.41) is 5.29. The second-order valence-corrected chi connectivity index (χ2v) is 10.2. The van der Waals surface area contributed by atoms with Gasteiger partial charge in [-0.15, -0.1) is 0 Å². The second kappa shape index (κ2) is 8.29. The molecular weight excluding hydrogens is 406 g/mol. The van der Waals surface area contributed by atoms with Gasteiger partial charge in [-0.05, 0) is 55.6 Å². The molecule has 1 heterocycles. The molecule has 0 unspecified atom stereocenters. The van der Waals surface area contributed by atoms with Crippen LogP contribution in [-0.2, 0) is 19.6 Å². The zero-order valence-corrected chi connectivity index (χ0v) is 17.8. The lowest BCUT2D eigenvalue weighted by molar-refractivity contribution is -0.136. The number of methoxy groups -OCH3 is 1. The van der Waals surface area contributed by atoms with Crippen LogP contribution in [0.4, 0.5) is 11.4 Å². The van der Waals surface area contributed by atoms with Gasteiger partial charge in [0.25, 0.3) is 0 Å². The smallest absolute Gasteiger partial charge is 0.313 e. The molecule has 1 aromatic rings. The van der Waals surface area contributed by atoms with Crippen LogP contribution >= 0.6 is 0 Å². The first kappa shape index (κ1) is 20.7. The minimum Gasteiger partial charge on any atom is -0.494 e. The number of hydrogen-bond donors (Lipinski definition) is 2. The van der Waals surface area contributed by atoms with E-state index in [2.05, 4.69) is 22.8 Å². The molecular formula is C21H27N3O5S. The van der Waals surface area contributed by atoms with Crippen molar-refractivity contribution in [2.24, 2.45) is 17.8 Å². The summed E-state index contributed by atoms with van der Waals surface area (Å²) in [6, 6.07) is 4.70. The van der Waals surface area contributed by atoms with Crippen molar-refractivity contribution in [1.29, 1.82) is 0 Å². The van der Waals surface area contributed by atoms with E-state index < -0.39 is 21.8 Å². The molecule has 3 atom stereocenters. The number of carbonyl (C=O) groups is 2. The van der Waals surface area contributed by atoms with Crippen LogP contribution in [0.1, 0.15) is 25.7 Å². The van der Waals surface area contributed by atoms with Gasteiger partial charge in [-0.2, -0.15) is 0 Å². The van der Waals surface area contributed by atoms with E-state index in [0.717, 1.165) is 19.3 Å². The number of sulfonamides is 1. The van der Waals surface area contributed by atoms with Crippen molar-refractivity contribution in [2.45, 2.75) is 25.7 Å². The Hall–Kier alpha value is -2.55. The third-order valence-electron chi connectivity index (χ3n) is 6.20. The molecule has 8 nitrogen and oxygen atoms in total. The molecule has 162 valence electrons. The Labute approximate surface area is 176 Å². The lowest BCUT2D eigenvalue weighted by atomic mass is 9.94. The van der Waals surface area contributed by atoms with E-state index in [4.69, 9.17) is 4.74 Å². The summed E-state index contributed by atoms with van der Waals surface area (Å²) in [7, 11) is -1.94. The first-order valence-electron chi connectivity index (χ1n) is 10.3. The van der Waals surface area contributed by atoms with E-state index in [0.29, 0.717) is 54.4 Å². The van der Waals surface area contributed by atoms with Gasteiger partial charge < -0.3 is 15.4 Å². The number of rotatable bonds is 5. The third-order valence-corrected chi connectivity index (χ3v) is 8.06. The zero-order chi connectivity index (χ0) is 21.3. The maximum Gasteiger partial charge on any atom is 0.313 e. The number of hydrogen-bond acceptors (Lipinski definition) is 5. The Morgan fingerprint density at radius 3 is 2.67 bits per heavy atom. The van der Waals surface area contributed by atoms with Gasteiger partial charge in [-0.3, -0.25) is 13.9 Å². The summed E-state index contributed by atoms with van der Waals surface area (Å²) in [6.45, 7) is 0.887. The van der Waals surface area contributed by atoms with Gasteiger partial charge in [0.15, 0.2) is 0 Å². The van der Waals surface area contributed by atoms with Crippen molar-refractivity contribution < 1.29 is 22.7 Å². The first-order chi connectivity index (χ1) is 14.4. The maximum atomic E-state index is 12.4. The fourth-order valence-electron chi connectivity index (χ4n) is 4.64. The lowest BCUT2D eigenvalue weighted by Gasteiger charge is -2.29. The molecule has 0 spiro atoms. The Bertz CT molecular complexity index is 975. The Morgan fingerprint density at radius 2 is 2.00 bits per heavy atom. The van der Waals surface area contributed by atoms with Crippen LogP contribution in [0.5, 0.6) is 5.75 Å². The molecule has 0 radical (unpaired) electrons. The molecule has 1 saturated carbocycles. The van der Waals surface area contributed by atoms with Gasteiger partial charge in [-0.1, -0.05) is 12.2 Å². The van der Waals surface area contributed by atoms with Gasteiger partial charge in [0, 0.05) is 24.8 Å². The summed E-state index contributed by atoms with van der Waals surface area (Å²) in [4.78, 5) is 24.5. The normalized spacial score (nSPS) is 26.4. The number of amides is 2. The number of nitrogens with one attached hydrogen (secondary N) is 2. The monoisotopic (exact) mass is 433 g/mol. The fraction of sp³-hybridized carbons (Fsp3) is 0.524. The third kappa shape index (κ3) is 4.16. The van der Waals surface area contributed by atoms with Crippen LogP contribution in [0.25, 0.3) is 0 Å². The molecule has 1 saturated heterocycles. The molecule has 2 amide bonds. The van der Waals surface area contributed by atoms with E-state index in [9.17, 15) is 18.0 Å². The van der Waals surface area contributed by atoms with E-state index >= 15 is 0 Å². The summed E-state index contributed by atoms with van der Waals surface area (Å²) >= 11 is 0. The van der Waals surface area contributed by atoms with E-state index in [-0.39, 0.29) is 5.75 Å². The number of benzene rings is 1. The highest BCUT2D eigenvalue weighted by Crippen LogP contribution is 2.43. The van der Waals surface area contributed by atoms with Gasteiger partial charge in [-0.25, -0.2) is 8.42 Å². The topological polar surface area (TPSA) is 105 Å². The van der Waals surface area contributed by atoms with Crippen LogP contribution in [0.2, 0.25) is 0 Å². The van der Waals surface area contributed by atoms with Crippen LogP contribution in [-0.4, -0.2) is 46.2 Å². The molecule has 2 fully saturated rings. The number of carbonyl (C=O) groups excluding carboxylic acids is 2. The highest BCUT2D eigenvalue weighted by Gasteiger charge is 2.35. The molecule has 30 heavy (non-hydrogen) atoms. The van der Waals surface area contributed by atoms with Crippen molar-refractivity contribution in [3.05, 3.63) is 30.4 Å². The van der Waals surface area contributed by atoms with Crippen LogP contribution in [0, 0.1) is 17.8 Å². The molecule has 2 aliphatic carbocycles. The van der Waals surface area contributed by atoms with E-state index in [1.807, 2.05) is 0 Å². The Kier molecular flexibility index (Phi) is 5.73. The summed E-state index contributed by atoms with van der Waals surface area (Å²) in [5.74, 6) is 0.502. The van der Waals surface area contributed by atoms with Crippen LogP contribution in [0.3, 0.4) is 0 Å². The summed E-state index contributed by atoms with van der Waals surface area (Å²) < 4.78 is 31.4. The summed E-state index contributed by atoms with van der Waals surface area (Å²) in [6.07, 6.45) is 8.07. The van der Waals surface area contributed by atoms with Crippen molar-refractivity contribution in [2.75, 3.05) is 35.6 Å². The number of nitrogens with zero attached hydrogens (tertiary/aromatic N) is 1. The minimum absolute atomic E-state index is 0.104. The van der Waals surface area contributed by atoms with Gasteiger partial charge >= 0.3 is 11.8 Å². The van der Waals surface area contributed by atoms with Crippen molar-refractivity contribution in [1.82, 2.24) is 5.32 Å². The van der Waals surface area contributed by atoms with Gasteiger partial charge in [0.05, 0.1) is 18.6 Å². The molecule has 3 aliphatic rings. The summed E-state index contributed by atoms with van der Waals surface area (Å²) in [5.41, 5.74) is 0.803. The predicted molar refractivity (Wildman–Crippen MR) is 114 cm³/mol. The quantitative estimate of drug-likeness (QED) is 0.545. The largest absolute Gasteiger partial charge is 0.494 e. The fourth-order valence-corrected chi connectivity index (χ4v) is 6.29. The Morgan fingerprint density at radius 1 is 1.17 bits per heavy atom. The van der Waals surface area contributed by atoms with Crippen LogP contribution < -0.4 is 19.7 Å². The molecule has 9 heteroatoms. The number of ether oxygens (including phenoxy) is 1. The van der Waals surface area contributed by atoms with E-state index in [1.54, 1.807) is 12.1 Å². The Balaban J connectivity index is 1.38. The first-order valence-corrected chi connectivity index (χ1v) is 11.9. The van der Waals surface area contributed by atoms with Gasteiger partial charge in [0.2, 0.25) is 10.0 Å². The number of anilines is 2. The van der Waals surface area contributed by atoms with E-state index in [1.165, 1.54) is 17.5 Å². The average molecular weight is 434 g/mol. The minimum atomic E-state index is -3.38. The second-order valence-electron chi connectivity index (χ2n) is 8.19. The van der Waals surface area contributed by atoms with Crippen molar-refractivity contribution in [3.63, 3.8) is 0 Å². The maximum absolute atomic E-state index is 12.4. The zero-order valence-electron chi connectivity index (χ0n) is 17.0. The van der Waals surface area contributed by atoms with Crippen molar-refractivity contribution in [3.8, 4) is 5.75 Å². The highest BCUT2D eigenvalue weighted by atomic mass is 32.2. The molecule has 1 aliphatic heterocycles. The molecule has 1 aromatic carbocycles. The molecule has 4 rings (SSSR count). The predicted octanol–water partition coefficient (Wildman–Crippen LogP) is 1.89. The van der Waals surface area contributed by atoms with Gasteiger partial charge in [0.1, 0.15) is 5.75 Å². The number of allylic oxidation sites excluding steroid dienone is 2. The highest BCUT2D eigenvalue weighted by molar-refractivity contribution is 7.92. The SMILES string of the molecule is COc1cc(NC(=O)C(=O)NC[C@H]2C[C@H]3C=C[C@H]2C3)ccc1N1CCCCS1(=O)=O. The average Bonchev–Trinajstić information content (AvgIpc) is 3.35. The standard InChI is InChI=1S/C21H27N3O5S/c1-29-19-12-17(6-7-18(19)24-8-2-3-9-30(24,27)28)23-21(26)20(25)22-13-16-11-14-4-5-15(16)10-14/h4-7,12,14-16H,2-3,8-11,13H2,1H3,(H,22,25)(H,23,26)/t14-,15-,16+/m0/s1. The molecule has 2 N–H and O–H groups in total. The molecule has 2 bridgehead atoms. The lowest BCUT2D eigenvalue weighted by Crippen LogP contribution is -2.39. The van der Waals surface area contributed by atoms with Crippen LogP contribution in [0.15, 0.2) is 30.4 Å². The van der Waals surface area contributed by atoms with Crippen molar-refractivity contribution >= 4 is 33.2 Å². The molecule has 0 aromatic heterocycles.